The molecule has 3 aliphatic rings. The van der Waals surface area contributed by atoms with Crippen LogP contribution in [0, 0.1) is 5.92 Å². The van der Waals surface area contributed by atoms with Gasteiger partial charge in [0.2, 0.25) is 0 Å². The molecular weight excluding hydrogens is 218 g/mol. The Balaban J connectivity index is 1.69. The number of carbonyl (C=O) groups excluding carboxylic acids is 1. The number of rotatable bonds is 2. The Morgan fingerprint density at radius 1 is 1.24 bits per heavy atom. The van der Waals surface area contributed by atoms with Crippen molar-refractivity contribution in [1.82, 2.24) is 0 Å². The lowest BCUT2D eigenvalue weighted by Gasteiger charge is -2.43. The second kappa shape index (κ2) is 4.04. The lowest BCUT2D eigenvalue weighted by molar-refractivity contribution is -0.144. The molecule has 3 rings (SSSR count). The van der Waals surface area contributed by atoms with Crippen LogP contribution in [0.4, 0.5) is 0 Å². The Labute approximate surface area is 102 Å². The van der Waals surface area contributed by atoms with Gasteiger partial charge in [0.05, 0.1) is 17.7 Å². The van der Waals surface area contributed by atoms with Gasteiger partial charge in [-0.05, 0) is 32.1 Å². The van der Waals surface area contributed by atoms with Gasteiger partial charge in [-0.15, -0.1) is 0 Å². The maximum Gasteiger partial charge on any atom is 0.155 e. The quantitative estimate of drug-likeness (QED) is 0.781. The number of Topliss-reactive ketones (excluding diaryl/α,β-unsaturated/α-hetero) is 1. The van der Waals surface area contributed by atoms with Gasteiger partial charge in [0.1, 0.15) is 0 Å². The van der Waals surface area contributed by atoms with E-state index in [0.29, 0.717) is 13.2 Å². The fourth-order valence-corrected chi connectivity index (χ4v) is 3.33. The van der Waals surface area contributed by atoms with Crippen molar-refractivity contribution in [2.75, 3.05) is 19.8 Å². The minimum atomic E-state index is -0.511. The predicted molar refractivity (Wildman–Crippen MR) is 62.6 cm³/mol. The summed E-state index contributed by atoms with van der Waals surface area (Å²) in [6.45, 7) is 2.08. The second-order valence-corrected chi connectivity index (χ2v) is 5.90. The van der Waals surface area contributed by atoms with Crippen molar-refractivity contribution in [3.63, 3.8) is 0 Å². The van der Waals surface area contributed by atoms with Gasteiger partial charge in [-0.2, -0.15) is 0 Å². The molecule has 17 heavy (non-hydrogen) atoms. The lowest BCUT2D eigenvalue weighted by Crippen LogP contribution is -2.57. The monoisotopic (exact) mass is 239 g/mol. The van der Waals surface area contributed by atoms with E-state index in [1.165, 1.54) is 0 Å². The number of hydrogen-bond acceptors (Lipinski definition) is 4. The summed E-state index contributed by atoms with van der Waals surface area (Å²) in [5.41, 5.74) is 5.45. The van der Waals surface area contributed by atoms with Crippen LogP contribution in [0.5, 0.6) is 0 Å². The zero-order chi connectivity index (χ0) is 11.9. The molecule has 4 nitrogen and oxygen atoms in total. The van der Waals surface area contributed by atoms with Gasteiger partial charge in [0, 0.05) is 25.6 Å². The molecule has 0 aromatic heterocycles. The van der Waals surface area contributed by atoms with E-state index >= 15 is 0 Å². The molecule has 2 N–H and O–H groups in total. The van der Waals surface area contributed by atoms with E-state index in [9.17, 15) is 4.79 Å². The molecule has 1 saturated carbocycles. The van der Waals surface area contributed by atoms with Crippen LogP contribution in [0.15, 0.2) is 0 Å². The maximum atomic E-state index is 12.4. The van der Waals surface area contributed by atoms with Gasteiger partial charge in [0.25, 0.3) is 0 Å². The van der Waals surface area contributed by atoms with Crippen molar-refractivity contribution in [3.05, 3.63) is 0 Å². The first-order valence-electron chi connectivity index (χ1n) is 6.69. The summed E-state index contributed by atoms with van der Waals surface area (Å²) >= 11 is 0. The number of hydrogen-bond donors (Lipinski definition) is 1. The maximum absolute atomic E-state index is 12.4. The van der Waals surface area contributed by atoms with Crippen LogP contribution in [-0.4, -0.2) is 36.7 Å². The zero-order valence-corrected chi connectivity index (χ0v) is 10.2. The topological polar surface area (TPSA) is 61.6 Å². The van der Waals surface area contributed by atoms with Gasteiger partial charge in [0.15, 0.2) is 5.78 Å². The molecule has 2 heterocycles. The molecule has 0 aromatic carbocycles. The summed E-state index contributed by atoms with van der Waals surface area (Å²) in [7, 11) is 0. The Hall–Kier alpha value is -0.450. The summed E-state index contributed by atoms with van der Waals surface area (Å²) in [5.74, 6) is 0.370. The normalized spacial score (nSPS) is 40.2. The van der Waals surface area contributed by atoms with Crippen LogP contribution in [-0.2, 0) is 14.3 Å². The lowest BCUT2D eigenvalue weighted by atomic mass is 9.68. The van der Waals surface area contributed by atoms with E-state index in [1.54, 1.807) is 0 Å². The molecule has 0 amide bonds. The fraction of sp³-hybridized carbons (Fsp3) is 0.923. The largest absolute Gasteiger partial charge is 0.378 e. The highest BCUT2D eigenvalue weighted by atomic mass is 16.6. The Bertz CT molecular complexity index is 319. The van der Waals surface area contributed by atoms with Crippen LogP contribution in [0.1, 0.15) is 38.5 Å². The SMILES string of the molecule is NC1(C(=O)C2CCOC3(CCOC3)C2)CCC1. The van der Waals surface area contributed by atoms with E-state index in [0.717, 1.165) is 45.1 Å². The van der Waals surface area contributed by atoms with E-state index < -0.39 is 5.54 Å². The van der Waals surface area contributed by atoms with Crippen molar-refractivity contribution in [2.45, 2.75) is 49.7 Å². The van der Waals surface area contributed by atoms with Crippen molar-refractivity contribution in [2.24, 2.45) is 11.7 Å². The molecule has 96 valence electrons. The van der Waals surface area contributed by atoms with Gasteiger partial charge in [-0.3, -0.25) is 4.79 Å². The molecule has 0 bridgehead atoms. The number of ether oxygens (including phenoxy) is 2. The van der Waals surface area contributed by atoms with E-state index in [1.807, 2.05) is 0 Å². The smallest absolute Gasteiger partial charge is 0.155 e. The van der Waals surface area contributed by atoms with Crippen LogP contribution in [0.3, 0.4) is 0 Å². The van der Waals surface area contributed by atoms with Gasteiger partial charge >= 0.3 is 0 Å². The van der Waals surface area contributed by atoms with Gasteiger partial charge < -0.3 is 15.2 Å². The molecule has 4 heteroatoms. The fourth-order valence-electron chi connectivity index (χ4n) is 3.33. The molecule has 0 aromatic rings. The van der Waals surface area contributed by atoms with E-state index in [4.69, 9.17) is 15.2 Å². The van der Waals surface area contributed by atoms with Crippen molar-refractivity contribution in [1.29, 1.82) is 0 Å². The first kappa shape index (κ1) is 11.6. The second-order valence-electron chi connectivity index (χ2n) is 5.90. The highest BCUT2D eigenvalue weighted by Gasteiger charge is 2.48. The molecule has 1 aliphatic carbocycles. The molecule has 1 spiro atoms. The van der Waals surface area contributed by atoms with Crippen molar-refractivity contribution in [3.8, 4) is 0 Å². The van der Waals surface area contributed by atoms with Crippen molar-refractivity contribution < 1.29 is 14.3 Å². The van der Waals surface area contributed by atoms with E-state index in [-0.39, 0.29) is 17.3 Å². The molecule has 0 radical (unpaired) electrons. The molecule has 2 unspecified atom stereocenters. The molecule has 2 atom stereocenters. The average Bonchev–Trinajstić information content (AvgIpc) is 2.73. The Kier molecular flexibility index (Phi) is 2.76. The third-order valence-electron chi connectivity index (χ3n) is 4.67. The van der Waals surface area contributed by atoms with Gasteiger partial charge in [-0.25, -0.2) is 0 Å². The number of nitrogens with two attached hydrogens (primary N) is 1. The van der Waals surface area contributed by atoms with Crippen LogP contribution < -0.4 is 5.73 Å². The summed E-state index contributed by atoms with van der Waals surface area (Å²) in [6, 6.07) is 0. The highest BCUT2D eigenvalue weighted by Crippen LogP contribution is 2.40. The minimum absolute atomic E-state index is 0.0933. The number of carbonyl (C=O) groups is 1. The summed E-state index contributed by atoms with van der Waals surface area (Å²) in [5, 5.41) is 0. The zero-order valence-electron chi connectivity index (χ0n) is 10.2. The molecular formula is C13H21NO3. The van der Waals surface area contributed by atoms with Crippen molar-refractivity contribution >= 4 is 5.78 Å². The van der Waals surface area contributed by atoms with Crippen LogP contribution in [0.25, 0.3) is 0 Å². The first-order chi connectivity index (χ1) is 8.14. The third-order valence-corrected chi connectivity index (χ3v) is 4.67. The first-order valence-corrected chi connectivity index (χ1v) is 6.69. The summed E-state index contributed by atoms with van der Waals surface area (Å²) in [4.78, 5) is 12.4. The summed E-state index contributed by atoms with van der Waals surface area (Å²) in [6.07, 6.45) is 5.40. The average molecular weight is 239 g/mol. The van der Waals surface area contributed by atoms with Crippen LogP contribution in [0.2, 0.25) is 0 Å². The highest BCUT2D eigenvalue weighted by molar-refractivity contribution is 5.91. The summed E-state index contributed by atoms with van der Waals surface area (Å²) < 4.78 is 11.3. The van der Waals surface area contributed by atoms with Gasteiger partial charge in [-0.1, -0.05) is 0 Å². The minimum Gasteiger partial charge on any atom is -0.378 e. The third kappa shape index (κ3) is 1.92. The standard InChI is InChI=1S/C13H21NO3/c14-13(3-1-4-13)11(15)10-2-6-17-12(8-10)5-7-16-9-12/h10H,1-9,14H2. The molecule has 2 aliphatic heterocycles. The Morgan fingerprint density at radius 3 is 2.65 bits per heavy atom. The molecule has 3 fully saturated rings. The molecule has 2 saturated heterocycles. The predicted octanol–water partition coefficient (Wildman–Crippen LogP) is 1.02. The van der Waals surface area contributed by atoms with E-state index in [2.05, 4.69) is 0 Å². The Morgan fingerprint density at radius 2 is 2.06 bits per heavy atom. The number of ketones is 1. The van der Waals surface area contributed by atoms with Crippen LogP contribution >= 0.6 is 0 Å².